The van der Waals surface area contributed by atoms with E-state index in [2.05, 4.69) is 20.3 Å². The Labute approximate surface area is 136 Å². The normalized spacial score (nSPS) is 20.3. The lowest BCUT2D eigenvalue weighted by molar-refractivity contribution is -0.00179. The van der Waals surface area contributed by atoms with E-state index in [1.54, 1.807) is 11.0 Å². The number of carbonyl (C=O) groups excluding carboxylic acids is 1. The van der Waals surface area contributed by atoms with E-state index in [0.29, 0.717) is 18.1 Å². The molecular weight excluding hydrogens is 316 g/mol. The number of rotatable bonds is 3. The molecule has 9 heteroatoms. The van der Waals surface area contributed by atoms with Crippen molar-refractivity contribution in [1.29, 1.82) is 0 Å². The van der Waals surface area contributed by atoms with Crippen molar-refractivity contribution in [1.82, 2.24) is 29.7 Å². The highest BCUT2D eigenvalue weighted by molar-refractivity contribution is 7.16. The number of aryl methyl sites for hydroxylation is 1. The predicted molar refractivity (Wildman–Crippen MR) is 85.7 cm³/mol. The maximum Gasteiger partial charge on any atom is 0.317 e. The molecule has 4 heterocycles. The zero-order valence-electron chi connectivity index (χ0n) is 13.1. The Hall–Kier alpha value is -2.00. The van der Waals surface area contributed by atoms with Crippen LogP contribution in [0, 0.1) is 0 Å². The Balaban J connectivity index is 1.51. The maximum absolute atomic E-state index is 12.1. The van der Waals surface area contributed by atoms with E-state index in [1.807, 2.05) is 14.0 Å². The smallest absolute Gasteiger partial charge is 0.317 e. The highest BCUT2D eigenvalue weighted by atomic mass is 32.1. The van der Waals surface area contributed by atoms with Gasteiger partial charge >= 0.3 is 6.03 Å². The van der Waals surface area contributed by atoms with Gasteiger partial charge in [-0.05, 0) is 6.42 Å². The minimum Gasteiger partial charge on any atom is -0.336 e. The number of likely N-dealkylation sites (tertiary alicyclic amines) is 1. The van der Waals surface area contributed by atoms with Gasteiger partial charge < -0.3 is 10.2 Å². The van der Waals surface area contributed by atoms with Gasteiger partial charge in [-0.2, -0.15) is 9.61 Å². The minimum atomic E-state index is -0.133. The third-order valence-electron chi connectivity index (χ3n) is 4.65. The molecular formula is C14H18N6O2S. The molecule has 4 rings (SSSR count). The van der Waals surface area contributed by atoms with E-state index in [0.717, 1.165) is 30.2 Å². The van der Waals surface area contributed by atoms with Crippen LogP contribution in [-0.2, 0) is 13.0 Å². The fourth-order valence-corrected chi connectivity index (χ4v) is 4.12. The summed E-state index contributed by atoms with van der Waals surface area (Å²) in [6, 6.07) is 1.54. The summed E-state index contributed by atoms with van der Waals surface area (Å²) in [4.78, 5) is 32.9. The first kappa shape index (κ1) is 14.6. The first-order valence-electron chi connectivity index (χ1n) is 7.63. The van der Waals surface area contributed by atoms with E-state index < -0.39 is 0 Å². The van der Waals surface area contributed by atoms with Crippen molar-refractivity contribution in [2.75, 3.05) is 26.7 Å². The summed E-state index contributed by atoms with van der Waals surface area (Å²) >= 11 is 1.46. The number of amides is 2. The molecule has 0 atom stereocenters. The van der Waals surface area contributed by atoms with Gasteiger partial charge in [0.2, 0.25) is 4.96 Å². The van der Waals surface area contributed by atoms with Gasteiger partial charge in [0.05, 0.1) is 11.2 Å². The molecule has 2 saturated heterocycles. The monoisotopic (exact) mass is 334 g/mol. The van der Waals surface area contributed by atoms with Crippen LogP contribution in [0.1, 0.15) is 17.6 Å². The van der Waals surface area contributed by atoms with E-state index in [1.165, 1.54) is 15.9 Å². The van der Waals surface area contributed by atoms with Gasteiger partial charge in [-0.15, -0.1) is 0 Å². The van der Waals surface area contributed by atoms with Gasteiger partial charge in [-0.25, -0.2) is 9.78 Å². The van der Waals surface area contributed by atoms with Crippen molar-refractivity contribution in [3.63, 3.8) is 0 Å². The topological polar surface area (TPSA) is 82.8 Å². The van der Waals surface area contributed by atoms with E-state index in [4.69, 9.17) is 0 Å². The van der Waals surface area contributed by atoms with Crippen LogP contribution in [0.15, 0.2) is 10.9 Å². The zero-order chi connectivity index (χ0) is 16.2. The Morgan fingerprint density at radius 2 is 2.17 bits per heavy atom. The van der Waals surface area contributed by atoms with Crippen molar-refractivity contribution in [2.24, 2.45) is 0 Å². The molecule has 122 valence electrons. The largest absolute Gasteiger partial charge is 0.336 e. The lowest BCUT2D eigenvalue weighted by atomic mass is 9.89. The van der Waals surface area contributed by atoms with Gasteiger partial charge in [0.25, 0.3) is 5.56 Å². The molecule has 1 spiro atoms. The summed E-state index contributed by atoms with van der Waals surface area (Å²) in [7, 11) is 1.83. The summed E-state index contributed by atoms with van der Waals surface area (Å²) in [5.74, 6) is 0. The van der Waals surface area contributed by atoms with Crippen LogP contribution in [0.5, 0.6) is 0 Å². The van der Waals surface area contributed by atoms with Crippen LogP contribution in [0.25, 0.3) is 4.96 Å². The number of likely N-dealkylation sites (N-methyl/N-ethyl adjacent to an activating group) is 1. The van der Waals surface area contributed by atoms with Crippen molar-refractivity contribution >= 4 is 22.3 Å². The third-order valence-corrected chi connectivity index (χ3v) is 5.70. The second-order valence-electron chi connectivity index (χ2n) is 6.22. The molecule has 2 aromatic rings. The first-order valence-corrected chi connectivity index (χ1v) is 8.45. The molecule has 0 unspecified atom stereocenters. The van der Waals surface area contributed by atoms with E-state index >= 15 is 0 Å². The maximum atomic E-state index is 12.1. The minimum absolute atomic E-state index is 0.0146. The zero-order valence-corrected chi connectivity index (χ0v) is 13.9. The molecule has 0 aromatic carbocycles. The van der Waals surface area contributed by atoms with Gasteiger partial charge in [0, 0.05) is 39.3 Å². The Morgan fingerprint density at radius 3 is 2.83 bits per heavy atom. The van der Waals surface area contributed by atoms with Crippen molar-refractivity contribution in [3.8, 4) is 0 Å². The Bertz CT molecular complexity index is 837. The molecule has 0 bridgehead atoms. The molecule has 2 amide bonds. The second kappa shape index (κ2) is 5.00. The number of carbonyl (C=O) groups is 1. The number of hydrogen-bond acceptors (Lipinski definition) is 6. The van der Waals surface area contributed by atoms with Crippen LogP contribution in [0.2, 0.25) is 0 Å². The molecule has 2 aliphatic rings. The second-order valence-corrected chi connectivity index (χ2v) is 7.26. The summed E-state index contributed by atoms with van der Waals surface area (Å²) in [5.41, 5.74) is 0.526. The third kappa shape index (κ3) is 2.22. The van der Waals surface area contributed by atoms with E-state index in [-0.39, 0.29) is 17.1 Å². The summed E-state index contributed by atoms with van der Waals surface area (Å²) in [6.45, 7) is 4.91. The van der Waals surface area contributed by atoms with E-state index in [9.17, 15) is 9.59 Å². The van der Waals surface area contributed by atoms with Crippen molar-refractivity contribution < 1.29 is 4.79 Å². The fourth-order valence-electron chi connectivity index (χ4n) is 3.26. The lowest BCUT2D eigenvalue weighted by Crippen LogP contribution is -2.68. The highest BCUT2D eigenvalue weighted by Crippen LogP contribution is 2.30. The Kier molecular flexibility index (Phi) is 3.17. The van der Waals surface area contributed by atoms with Crippen molar-refractivity contribution in [3.05, 3.63) is 27.1 Å². The van der Waals surface area contributed by atoms with Crippen LogP contribution >= 0.6 is 11.3 Å². The summed E-state index contributed by atoms with van der Waals surface area (Å²) < 4.78 is 1.37. The number of nitrogens with zero attached hydrogens (tertiary/aromatic N) is 5. The standard InChI is InChI=1S/C14H18N6O2S/c1-3-10-17-20-11(21)4-9(16-13(20)23-10)5-19-7-14(8-19)6-15-12(22)18(14)2/h4H,3,5-8H2,1-2H3,(H,15,22). The lowest BCUT2D eigenvalue weighted by Gasteiger charge is -2.50. The fraction of sp³-hybridized carbons (Fsp3) is 0.571. The molecule has 2 fully saturated rings. The van der Waals surface area contributed by atoms with Gasteiger partial charge in [0.1, 0.15) is 5.01 Å². The average Bonchev–Trinajstić information content (AvgIpc) is 3.03. The number of hydrogen-bond donors (Lipinski definition) is 1. The quantitative estimate of drug-likeness (QED) is 0.849. The predicted octanol–water partition coefficient (Wildman–Crippen LogP) is -0.0772. The summed E-state index contributed by atoms with van der Waals surface area (Å²) in [6.07, 6.45) is 0.796. The number of aromatic nitrogens is 3. The average molecular weight is 334 g/mol. The van der Waals surface area contributed by atoms with Gasteiger partial charge in [-0.3, -0.25) is 9.69 Å². The molecule has 0 aliphatic carbocycles. The molecule has 0 radical (unpaired) electrons. The van der Waals surface area contributed by atoms with Crippen LogP contribution in [0.3, 0.4) is 0 Å². The van der Waals surface area contributed by atoms with Gasteiger partial charge in [0.15, 0.2) is 0 Å². The van der Waals surface area contributed by atoms with Gasteiger partial charge in [-0.1, -0.05) is 18.3 Å². The Morgan fingerprint density at radius 1 is 1.39 bits per heavy atom. The molecule has 0 saturated carbocycles. The molecule has 1 N–H and O–H groups in total. The summed E-state index contributed by atoms with van der Waals surface area (Å²) in [5, 5.41) is 8.04. The molecule has 2 aliphatic heterocycles. The highest BCUT2D eigenvalue weighted by Gasteiger charge is 2.51. The van der Waals surface area contributed by atoms with Crippen molar-refractivity contribution in [2.45, 2.75) is 25.4 Å². The molecule has 2 aromatic heterocycles. The first-order chi connectivity index (χ1) is 11.0. The number of urea groups is 1. The molecule has 23 heavy (non-hydrogen) atoms. The van der Waals surface area contributed by atoms with Crippen LogP contribution in [0.4, 0.5) is 4.79 Å². The van der Waals surface area contributed by atoms with Crippen LogP contribution < -0.4 is 10.9 Å². The number of nitrogens with one attached hydrogen (secondary N) is 1. The van der Waals surface area contributed by atoms with Crippen LogP contribution in [-0.4, -0.2) is 62.6 Å². The number of fused-ring (bicyclic) bond motifs is 1. The molecule has 8 nitrogen and oxygen atoms in total. The SMILES string of the molecule is CCc1nn2c(=O)cc(CN3CC4(CNC(=O)N4C)C3)nc2s1.